The largest absolute Gasteiger partial charge is 0.453 e. The van der Waals surface area contributed by atoms with Crippen molar-refractivity contribution in [1.82, 2.24) is 5.32 Å². The minimum Gasteiger partial charge on any atom is -0.453 e. The highest BCUT2D eigenvalue weighted by Gasteiger charge is 2.14. The molecule has 0 bridgehead atoms. The molecule has 86 valence electrons. The molecule has 1 atom stereocenters. The zero-order valence-electron chi connectivity index (χ0n) is 9.72. The number of hydrogen-bond acceptors (Lipinski definition) is 2. The molecule has 0 aliphatic rings. The second kappa shape index (κ2) is 6.19. The van der Waals surface area contributed by atoms with E-state index in [2.05, 4.69) is 19.2 Å². The second-order valence-corrected chi connectivity index (χ2v) is 4.66. The summed E-state index contributed by atoms with van der Waals surface area (Å²) < 4.78 is 5.10. The lowest BCUT2D eigenvalue weighted by Gasteiger charge is -2.15. The predicted molar refractivity (Wildman–Crippen MR) is 64.2 cm³/mol. The zero-order valence-corrected chi connectivity index (χ0v) is 10.5. The van der Waals surface area contributed by atoms with Gasteiger partial charge in [-0.05, 0) is 37.1 Å². The minimum atomic E-state index is 0.315. The van der Waals surface area contributed by atoms with E-state index in [1.165, 1.54) is 12.8 Å². The summed E-state index contributed by atoms with van der Waals surface area (Å²) in [7, 11) is 1.96. The van der Waals surface area contributed by atoms with E-state index >= 15 is 0 Å². The number of nitrogens with one attached hydrogen (secondary N) is 1. The molecule has 1 heterocycles. The molecule has 0 saturated carbocycles. The molecule has 2 nitrogen and oxygen atoms in total. The van der Waals surface area contributed by atoms with Gasteiger partial charge in [0.05, 0.1) is 6.26 Å². The molecular formula is C12H20ClNO. The molecule has 0 aliphatic carbocycles. The van der Waals surface area contributed by atoms with E-state index in [9.17, 15) is 0 Å². The van der Waals surface area contributed by atoms with Crippen LogP contribution in [0.25, 0.3) is 0 Å². The van der Waals surface area contributed by atoms with Crippen LogP contribution in [0.15, 0.2) is 16.7 Å². The Morgan fingerprint density at radius 3 is 2.60 bits per heavy atom. The van der Waals surface area contributed by atoms with E-state index in [4.69, 9.17) is 16.0 Å². The monoisotopic (exact) mass is 229 g/mol. The van der Waals surface area contributed by atoms with Gasteiger partial charge in [0.15, 0.2) is 5.22 Å². The lowest BCUT2D eigenvalue weighted by Crippen LogP contribution is -2.16. The van der Waals surface area contributed by atoms with Crippen molar-refractivity contribution in [2.45, 2.75) is 39.2 Å². The number of hydrogen-bond donors (Lipinski definition) is 1. The van der Waals surface area contributed by atoms with E-state index in [0.717, 1.165) is 17.9 Å². The van der Waals surface area contributed by atoms with Crippen LogP contribution in [0.1, 0.15) is 44.7 Å². The first-order valence-corrected chi connectivity index (χ1v) is 5.93. The molecule has 1 N–H and O–H groups in total. The lowest BCUT2D eigenvalue weighted by molar-refractivity contribution is 0.466. The van der Waals surface area contributed by atoms with Gasteiger partial charge in [0, 0.05) is 11.6 Å². The van der Waals surface area contributed by atoms with Gasteiger partial charge in [-0.3, -0.25) is 0 Å². The summed E-state index contributed by atoms with van der Waals surface area (Å²) in [5.74, 6) is 0.766. The van der Waals surface area contributed by atoms with Gasteiger partial charge in [0.2, 0.25) is 0 Å². The van der Waals surface area contributed by atoms with Gasteiger partial charge in [-0.1, -0.05) is 26.7 Å². The first kappa shape index (κ1) is 12.6. The van der Waals surface area contributed by atoms with Crippen molar-refractivity contribution in [2.24, 2.45) is 5.92 Å². The van der Waals surface area contributed by atoms with E-state index < -0.39 is 0 Å². The van der Waals surface area contributed by atoms with Crippen LogP contribution in [0.2, 0.25) is 5.22 Å². The smallest absolute Gasteiger partial charge is 0.197 e. The van der Waals surface area contributed by atoms with Crippen LogP contribution in [0.4, 0.5) is 0 Å². The van der Waals surface area contributed by atoms with Crippen molar-refractivity contribution in [3.05, 3.63) is 23.1 Å². The van der Waals surface area contributed by atoms with Crippen molar-refractivity contribution in [3.63, 3.8) is 0 Å². The summed E-state index contributed by atoms with van der Waals surface area (Å²) in [6.07, 6.45) is 5.22. The molecule has 3 heteroatoms. The third kappa shape index (κ3) is 3.88. The lowest BCUT2D eigenvalue weighted by atomic mass is 10.00. The van der Waals surface area contributed by atoms with E-state index in [1.54, 1.807) is 6.26 Å². The highest BCUT2D eigenvalue weighted by Crippen LogP contribution is 2.27. The predicted octanol–water partition coefficient (Wildman–Crippen LogP) is 4.02. The highest BCUT2D eigenvalue weighted by molar-refractivity contribution is 6.29. The van der Waals surface area contributed by atoms with Crippen LogP contribution in [-0.2, 0) is 0 Å². The molecule has 1 unspecified atom stereocenters. The Hall–Kier alpha value is -0.470. The van der Waals surface area contributed by atoms with Crippen LogP contribution in [-0.4, -0.2) is 7.05 Å². The summed E-state index contributed by atoms with van der Waals surface area (Å²) in [5.41, 5.74) is 1.07. The maximum absolute atomic E-state index is 5.95. The summed E-state index contributed by atoms with van der Waals surface area (Å²) >= 11 is 5.95. The summed E-state index contributed by atoms with van der Waals surface area (Å²) in [4.78, 5) is 0. The quantitative estimate of drug-likeness (QED) is 0.797. The van der Waals surface area contributed by atoms with Crippen LogP contribution in [0, 0.1) is 5.92 Å². The number of halogens is 1. The van der Waals surface area contributed by atoms with E-state index in [-0.39, 0.29) is 0 Å². The molecule has 1 rings (SSSR count). The van der Waals surface area contributed by atoms with Crippen molar-refractivity contribution in [3.8, 4) is 0 Å². The maximum Gasteiger partial charge on any atom is 0.197 e. The van der Waals surface area contributed by atoms with Gasteiger partial charge in [0.25, 0.3) is 0 Å². The second-order valence-electron chi connectivity index (χ2n) is 4.32. The number of rotatable bonds is 6. The first-order valence-electron chi connectivity index (χ1n) is 5.55. The fourth-order valence-corrected chi connectivity index (χ4v) is 1.99. The standard InChI is InChI=1S/C12H20ClNO/c1-9(2)5-4-6-11(14-3)10-7-8-15-12(10)13/h7-9,11,14H,4-6H2,1-3H3. The van der Waals surface area contributed by atoms with Crippen molar-refractivity contribution in [2.75, 3.05) is 7.05 Å². The fraction of sp³-hybridized carbons (Fsp3) is 0.667. The molecule has 0 spiro atoms. The summed E-state index contributed by atoms with van der Waals surface area (Å²) in [6, 6.07) is 2.26. The Labute approximate surface area is 97.0 Å². The molecule has 0 amide bonds. The Morgan fingerprint density at radius 2 is 2.13 bits per heavy atom. The SMILES string of the molecule is CNC(CCCC(C)C)c1ccoc1Cl. The highest BCUT2D eigenvalue weighted by atomic mass is 35.5. The molecule has 15 heavy (non-hydrogen) atoms. The van der Waals surface area contributed by atoms with E-state index in [0.29, 0.717) is 11.3 Å². The summed E-state index contributed by atoms with van der Waals surface area (Å²) in [6.45, 7) is 4.50. The fourth-order valence-electron chi connectivity index (χ4n) is 1.74. The van der Waals surface area contributed by atoms with Gasteiger partial charge in [-0.2, -0.15) is 0 Å². The number of furan rings is 1. The van der Waals surface area contributed by atoms with Crippen molar-refractivity contribution < 1.29 is 4.42 Å². The molecule has 0 fully saturated rings. The van der Waals surface area contributed by atoms with Gasteiger partial charge >= 0.3 is 0 Å². The third-order valence-electron chi connectivity index (χ3n) is 2.64. The third-order valence-corrected chi connectivity index (χ3v) is 2.95. The topological polar surface area (TPSA) is 25.2 Å². The Bertz CT molecular complexity index is 283. The Morgan fingerprint density at radius 1 is 1.40 bits per heavy atom. The van der Waals surface area contributed by atoms with Gasteiger partial charge in [0.1, 0.15) is 0 Å². The van der Waals surface area contributed by atoms with Crippen molar-refractivity contribution in [1.29, 1.82) is 0 Å². The molecular weight excluding hydrogens is 210 g/mol. The minimum absolute atomic E-state index is 0.315. The average molecular weight is 230 g/mol. The molecule has 0 aromatic carbocycles. The van der Waals surface area contributed by atoms with Crippen LogP contribution >= 0.6 is 11.6 Å². The zero-order chi connectivity index (χ0) is 11.3. The summed E-state index contributed by atoms with van der Waals surface area (Å²) in [5, 5.41) is 3.79. The van der Waals surface area contributed by atoms with Crippen molar-refractivity contribution >= 4 is 11.6 Å². The molecule has 0 radical (unpaired) electrons. The van der Waals surface area contributed by atoms with Crippen LogP contribution < -0.4 is 5.32 Å². The van der Waals surface area contributed by atoms with Gasteiger partial charge in [-0.25, -0.2) is 0 Å². The molecule has 0 aliphatic heterocycles. The van der Waals surface area contributed by atoms with Crippen LogP contribution in [0.3, 0.4) is 0 Å². The average Bonchev–Trinajstić information content (AvgIpc) is 2.59. The first-order chi connectivity index (χ1) is 7.15. The van der Waals surface area contributed by atoms with E-state index in [1.807, 2.05) is 13.1 Å². The Kier molecular flexibility index (Phi) is 5.20. The molecule has 1 aromatic heterocycles. The normalized spacial score (nSPS) is 13.4. The molecule has 0 saturated heterocycles. The van der Waals surface area contributed by atoms with Crippen LogP contribution in [0.5, 0.6) is 0 Å². The van der Waals surface area contributed by atoms with Gasteiger partial charge < -0.3 is 9.73 Å². The molecule has 1 aromatic rings. The van der Waals surface area contributed by atoms with Gasteiger partial charge in [-0.15, -0.1) is 0 Å². The maximum atomic E-state index is 5.95. The Balaban J connectivity index is 2.46.